The lowest BCUT2D eigenvalue weighted by atomic mass is 9.91. The van der Waals surface area contributed by atoms with Crippen molar-refractivity contribution in [1.82, 2.24) is 0 Å². The van der Waals surface area contributed by atoms with Crippen LogP contribution in [-0.4, -0.2) is 5.11 Å². The summed E-state index contributed by atoms with van der Waals surface area (Å²) in [5.41, 5.74) is 21.0. The van der Waals surface area contributed by atoms with E-state index >= 15 is 0 Å². The van der Waals surface area contributed by atoms with Crippen molar-refractivity contribution >= 4 is 88.4 Å². The van der Waals surface area contributed by atoms with Crippen molar-refractivity contribution in [2.75, 3.05) is 9.80 Å². The number of phenolic OH excluding ortho intramolecular Hbond substituents is 1. The summed E-state index contributed by atoms with van der Waals surface area (Å²) < 4.78 is 7.22. The van der Waals surface area contributed by atoms with Crippen molar-refractivity contribution in [3.05, 3.63) is 246 Å². The van der Waals surface area contributed by atoms with Crippen molar-refractivity contribution in [3.63, 3.8) is 0 Å². The molecular weight excluding hydrogens is 901 g/mol. The Hall–Kier alpha value is -9.12. The Labute approximate surface area is 432 Å². The minimum Gasteiger partial charge on any atom is -0.505 e. The molecule has 0 atom stereocenters. The zero-order valence-corrected chi connectivity index (χ0v) is 42.5. The Bertz CT molecular complexity index is 4330. The molecule has 13 aromatic rings. The van der Waals surface area contributed by atoms with Crippen LogP contribution in [0.2, 0.25) is 0 Å². The van der Waals surface area contributed by atoms with Crippen LogP contribution in [-0.2, 0) is 0 Å². The second kappa shape index (κ2) is 17.6. The molecule has 0 radical (unpaired) electrons. The van der Waals surface area contributed by atoms with E-state index in [4.69, 9.17) is 4.42 Å². The Kier molecular flexibility index (Phi) is 10.6. The van der Waals surface area contributed by atoms with Gasteiger partial charge >= 0.3 is 0 Å². The van der Waals surface area contributed by atoms with Crippen molar-refractivity contribution in [2.45, 2.75) is 41.5 Å². The first kappa shape index (κ1) is 44.8. The number of benzene rings is 12. The molecule has 0 saturated heterocycles. The van der Waals surface area contributed by atoms with Gasteiger partial charge in [-0.05, 0) is 161 Å². The van der Waals surface area contributed by atoms with E-state index in [-0.39, 0.29) is 5.75 Å². The second-order valence-corrected chi connectivity index (χ2v) is 20.1. The molecule has 0 aliphatic carbocycles. The van der Waals surface area contributed by atoms with Gasteiger partial charge in [0.15, 0.2) is 5.58 Å². The highest BCUT2D eigenvalue weighted by atomic mass is 16.3. The molecule has 356 valence electrons. The van der Waals surface area contributed by atoms with E-state index in [1.807, 2.05) is 12.1 Å². The highest BCUT2D eigenvalue weighted by Gasteiger charge is 2.27. The summed E-state index contributed by atoms with van der Waals surface area (Å²) in [6.07, 6.45) is 0. The monoisotopic (exact) mass is 954 g/mol. The summed E-state index contributed by atoms with van der Waals surface area (Å²) in [4.78, 5) is 4.66. The quantitative estimate of drug-likeness (QED) is 0.146. The number of hydrogen-bond acceptors (Lipinski definition) is 4. The molecule has 0 aliphatic heterocycles. The van der Waals surface area contributed by atoms with Crippen LogP contribution in [0.3, 0.4) is 0 Å². The van der Waals surface area contributed by atoms with Gasteiger partial charge in [0.1, 0.15) is 11.3 Å². The average molecular weight is 955 g/mol. The van der Waals surface area contributed by atoms with Crippen LogP contribution in [0.25, 0.3) is 87.6 Å². The second-order valence-electron chi connectivity index (χ2n) is 20.1. The summed E-state index contributed by atoms with van der Waals surface area (Å²) in [6.45, 7) is 13.0. The predicted molar refractivity (Wildman–Crippen MR) is 313 cm³/mol. The highest BCUT2D eigenvalue weighted by Crippen LogP contribution is 2.52. The molecule has 0 fully saturated rings. The van der Waals surface area contributed by atoms with Gasteiger partial charge in [0.05, 0.1) is 22.7 Å². The first-order valence-electron chi connectivity index (χ1n) is 25.6. The van der Waals surface area contributed by atoms with Gasteiger partial charge < -0.3 is 19.3 Å². The van der Waals surface area contributed by atoms with Crippen LogP contribution in [0, 0.1) is 41.5 Å². The molecular formula is C70H54N2O2. The van der Waals surface area contributed by atoms with Gasteiger partial charge in [0.2, 0.25) is 0 Å². The predicted octanol–water partition coefficient (Wildman–Crippen LogP) is 20.0. The van der Waals surface area contributed by atoms with Crippen molar-refractivity contribution < 1.29 is 9.52 Å². The third kappa shape index (κ3) is 7.04. The number of para-hydroxylation sites is 5. The van der Waals surface area contributed by atoms with Gasteiger partial charge in [0.25, 0.3) is 0 Å². The van der Waals surface area contributed by atoms with Crippen LogP contribution >= 0.6 is 0 Å². The summed E-state index contributed by atoms with van der Waals surface area (Å²) in [5, 5.41) is 21.8. The number of phenols is 1. The van der Waals surface area contributed by atoms with E-state index in [0.29, 0.717) is 5.69 Å². The first-order chi connectivity index (χ1) is 36.1. The molecule has 4 nitrogen and oxygen atoms in total. The normalized spacial score (nSPS) is 11.7. The maximum absolute atomic E-state index is 12.7. The summed E-state index contributed by atoms with van der Waals surface area (Å²) in [6, 6.07) is 75.9. The van der Waals surface area contributed by atoms with Crippen LogP contribution in [0.5, 0.6) is 5.75 Å². The largest absolute Gasteiger partial charge is 0.505 e. The lowest BCUT2D eigenvalue weighted by Crippen LogP contribution is -2.13. The molecule has 0 unspecified atom stereocenters. The van der Waals surface area contributed by atoms with Crippen LogP contribution in [0.15, 0.2) is 217 Å². The lowest BCUT2D eigenvalue weighted by Gasteiger charge is -2.31. The van der Waals surface area contributed by atoms with E-state index in [9.17, 15) is 5.11 Å². The SMILES string of the molecule is Cc1ccccc1N(c1cccc(-c2cccc(-c3c(C)cccc3C)c2)c1O)c1ccc2ccc3c(N(c4ccccc4C)c4cccc5c4oc4c(-c6c(C)cccc6C)cccc45)ccc4ccc1c2c43. The fourth-order valence-corrected chi connectivity index (χ4v) is 12.0. The number of anilines is 6. The first-order valence-corrected chi connectivity index (χ1v) is 25.6. The van der Waals surface area contributed by atoms with E-state index in [1.54, 1.807) is 0 Å². The zero-order valence-electron chi connectivity index (χ0n) is 42.5. The minimum absolute atomic E-state index is 0.220. The van der Waals surface area contributed by atoms with Crippen molar-refractivity contribution in [1.29, 1.82) is 0 Å². The summed E-state index contributed by atoms with van der Waals surface area (Å²) in [5.74, 6) is 0.220. The van der Waals surface area contributed by atoms with E-state index in [2.05, 4.69) is 252 Å². The summed E-state index contributed by atoms with van der Waals surface area (Å²) >= 11 is 0. The average Bonchev–Trinajstić information content (AvgIpc) is 3.84. The zero-order chi connectivity index (χ0) is 50.4. The molecule has 1 heterocycles. The van der Waals surface area contributed by atoms with Gasteiger partial charge in [-0.25, -0.2) is 0 Å². The summed E-state index contributed by atoms with van der Waals surface area (Å²) in [7, 11) is 0. The van der Waals surface area contributed by atoms with E-state index in [1.165, 1.54) is 44.2 Å². The molecule has 74 heavy (non-hydrogen) atoms. The Balaban J connectivity index is 1.02. The third-order valence-corrected chi connectivity index (χ3v) is 15.5. The van der Waals surface area contributed by atoms with Crippen molar-refractivity contribution in [3.8, 4) is 39.1 Å². The van der Waals surface area contributed by atoms with Gasteiger partial charge in [0, 0.05) is 44.0 Å². The maximum atomic E-state index is 12.7. The molecule has 12 aromatic carbocycles. The number of hydrogen-bond donors (Lipinski definition) is 1. The van der Waals surface area contributed by atoms with Gasteiger partial charge in [-0.2, -0.15) is 0 Å². The number of nitrogens with zero attached hydrogens (tertiary/aromatic N) is 2. The van der Waals surface area contributed by atoms with Gasteiger partial charge in [-0.1, -0.05) is 170 Å². The maximum Gasteiger partial charge on any atom is 0.159 e. The lowest BCUT2D eigenvalue weighted by molar-refractivity contribution is 0.478. The Morgan fingerprint density at radius 2 is 0.743 bits per heavy atom. The third-order valence-electron chi connectivity index (χ3n) is 15.5. The van der Waals surface area contributed by atoms with Crippen LogP contribution < -0.4 is 9.80 Å². The number of fused-ring (bicyclic) bond motifs is 3. The molecule has 4 heteroatoms. The minimum atomic E-state index is 0.220. The molecule has 0 amide bonds. The van der Waals surface area contributed by atoms with Crippen LogP contribution in [0.4, 0.5) is 34.1 Å². The number of furan rings is 1. The molecule has 0 spiro atoms. The smallest absolute Gasteiger partial charge is 0.159 e. The number of rotatable bonds is 9. The van der Waals surface area contributed by atoms with Crippen molar-refractivity contribution in [2.24, 2.45) is 0 Å². The van der Waals surface area contributed by atoms with Crippen LogP contribution in [0.1, 0.15) is 33.4 Å². The standard InChI is InChI=1S/C70H54N2O2/c1-42-17-7-9-29-58(42)71(62-31-15-25-52(68(62)73)50-23-13-24-51(41-50)64-44(3)19-11-20-45(64)4)60-39-35-48-34-38-56-61(40-36-49-33-37-55(60)66(48)67(49)56)72(59-30-10-8-18-43(59)2)63-32-16-27-54-53-26-14-28-57(69(53)74-70(54)63)65-46(5)21-12-22-47(65)6/h7-41,73H,1-6H3. The molecule has 1 aromatic heterocycles. The fraction of sp³-hybridized carbons (Fsp3) is 0.0857. The topological polar surface area (TPSA) is 39.9 Å². The molecule has 0 saturated carbocycles. The van der Waals surface area contributed by atoms with E-state index < -0.39 is 0 Å². The fourth-order valence-electron chi connectivity index (χ4n) is 12.0. The van der Waals surface area contributed by atoms with E-state index in [0.717, 1.165) is 105 Å². The molecule has 1 N–H and O–H groups in total. The highest BCUT2D eigenvalue weighted by molar-refractivity contribution is 6.28. The van der Waals surface area contributed by atoms with Gasteiger partial charge in [-0.3, -0.25) is 0 Å². The number of aromatic hydroxyl groups is 1. The molecule has 0 bridgehead atoms. The molecule has 13 rings (SSSR count). The Morgan fingerprint density at radius 3 is 1.35 bits per heavy atom. The van der Waals surface area contributed by atoms with Gasteiger partial charge in [-0.15, -0.1) is 0 Å². The Morgan fingerprint density at radius 1 is 0.311 bits per heavy atom. The molecule has 0 aliphatic rings. The number of aryl methyl sites for hydroxylation is 6.